The summed E-state index contributed by atoms with van der Waals surface area (Å²) in [6, 6.07) is 1.80. The number of ether oxygens (including phenoxy) is 1. The largest absolute Gasteiger partial charge is 0.365 e. The second-order valence-corrected chi connectivity index (χ2v) is 4.69. The van der Waals surface area contributed by atoms with E-state index in [4.69, 9.17) is 16.3 Å². The molecule has 2 unspecified atom stereocenters. The Morgan fingerprint density at radius 1 is 1.59 bits per heavy atom. The van der Waals surface area contributed by atoms with Crippen LogP contribution in [0.4, 0.5) is 5.69 Å². The van der Waals surface area contributed by atoms with E-state index in [-0.39, 0.29) is 18.1 Å². The molecule has 17 heavy (non-hydrogen) atoms. The van der Waals surface area contributed by atoms with Crippen LogP contribution in [0, 0.1) is 6.92 Å². The molecule has 0 saturated carbocycles. The minimum atomic E-state index is -0.346. The minimum absolute atomic E-state index is 0.113. The molecular formula is C12H15ClN2O2. The molecule has 2 atom stereocenters. The third kappa shape index (κ3) is 2.96. The first-order chi connectivity index (χ1) is 8.06. The summed E-state index contributed by atoms with van der Waals surface area (Å²) in [6.07, 6.45) is 3.06. The molecule has 1 amide bonds. The molecule has 2 rings (SSSR count). The van der Waals surface area contributed by atoms with Crippen LogP contribution in [-0.4, -0.2) is 23.1 Å². The third-order valence-corrected chi connectivity index (χ3v) is 3.20. The summed E-state index contributed by atoms with van der Waals surface area (Å²) in [5.74, 6) is -0.113. The van der Waals surface area contributed by atoms with Crippen LogP contribution < -0.4 is 5.32 Å². The Bertz CT molecular complexity index is 437. The van der Waals surface area contributed by atoms with Crippen LogP contribution in [0.2, 0.25) is 5.15 Å². The van der Waals surface area contributed by atoms with Crippen LogP contribution in [0.5, 0.6) is 0 Å². The topological polar surface area (TPSA) is 51.2 Å². The molecule has 1 N–H and O–H groups in total. The van der Waals surface area contributed by atoms with Crippen molar-refractivity contribution in [2.24, 2.45) is 0 Å². The Labute approximate surface area is 105 Å². The average Bonchev–Trinajstić information content (AvgIpc) is 2.70. The van der Waals surface area contributed by atoms with Gasteiger partial charge < -0.3 is 10.1 Å². The minimum Gasteiger partial charge on any atom is -0.365 e. The molecule has 1 aliphatic heterocycles. The summed E-state index contributed by atoms with van der Waals surface area (Å²) >= 11 is 5.81. The number of nitrogens with one attached hydrogen (secondary N) is 1. The number of anilines is 1. The van der Waals surface area contributed by atoms with Crippen LogP contribution in [0.3, 0.4) is 0 Å². The molecule has 0 aromatic carbocycles. The lowest BCUT2D eigenvalue weighted by Gasteiger charge is -2.12. The molecule has 4 nitrogen and oxygen atoms in total. The van der Waals surface area contributed by atoms with Crippen molar-refractivity contribution in [2.45, 2.75) is 38.9 Å². The third-order valence-electron chi connectivity index (χ3n) is 2.81. The van der Waals surface area contributed by atoms with Gasteiger partial charge in [-0.3, -0.25) is 4.79 Å². The maximum Gasteiger partial charge on any atom is 0.253 e. The number of aryl methyl sites for hydroxylation is 1. The highest BCUT2D eigenvalue weighted by Gasteiger charge is 2.28. The Hall–Kier alpha value is -1.13. The molecule has 1 saturated heterocycles. The van der Waals surface area contributed by atoms with E-state index in [1.807, 2.05) is 13.8 Å². The van der Waals surface area contributed by atoms with Crippen molar-refractivity contribution < 1.29 is 9.53 Å². The normalized spacial score (nSPS) is 23.7. The highest BCUT2D eigenvalue weighted by Crippen LogP contribution is 2.21. The second-order valence-electron chi connectivity index (χ2n) is 4.33. The summed E-state index contributed by atoms with van der Waals surface area (Å²) in [7, 11) is 0. The molecule has 5 heteroatoms. The Morgan fingerprint density at radius 3 is 2.94 bits per heavy atom. The van der Waals surface area contributed by atoms with E-state index in [9.17, 15) is 4.79 Å². The van der Waals surface area contributed by atoms with Crippen molar-refractivity contribution in [1.82, 2.24) is 4.98 Å². The average molecular weight is 255 g/mol. The van der Waals surface area contributed by atoms with Gasteiger partial charge in [0.2, 0.25) is 0 Å². The van der Waals surface area contributed by atoms with E-state index in [1.54, 1.807) is 12.3 Å². The summed E-state index contributed by atoms with van der Waals surface area (Å²) in [5, 5.41) is 3.24. The predicted molar refractivity (Wildman–Crippen MR) is 66.2 cm³/mol. The van der Waals surface area contributed by atoms with Crippen LogP contribution in [0.25, 0.3) is 0 Å². The molecule has 0 aliphatic carbocycles. The first-order valence-corrected chi connectivity index (χ1v) is 6.02. The second kappa shape index (κ2) is 5.02. The smallest absolute Gasteiger partial charge is 0.253 e. The molecule has 2 heterocycles. The number of carbonyl (C=O) groups is 1. The Morgan fingerprint density at radius 2 is 2.35 bits per heavy atom. The maximum atomic E-state index is 11.9. The lowest BCUT2D eigenvalue weighted by Crippen LogP contribution is -2.27. The molecule has 1 aliphatic rings. The van der Waals surface area contributed by atoms with Crippen molar-refractivity contribution >= 4 is 23.2 Å². The first kappa shape index (κ1) is 12.3. The number of aromatic nitrogens is 1. The van der Waals surface area contributed by atoms with E-state index < -0.39 is 0 Å². The van der Waals surface area contributed by atoms with Crippen molar-refractivity contribution in [2.75, 3.05) is 5.32 Å². The molecule has 0 radical (unpaired) electrons. The van der Waals surface area contributed by atoms with Gasteiger partial charge in [-0.05, 0) is 38.3 Å². The summed E-state index contributed by atoms with van der Waals surface area (Å²) in [5.41, 5.74) is 1.49. The summed E-state index contributed by atoms with van der Waals surface area (Å²) in [4.78, 5) is 15.8. The fourth-order valence-corrected chi connectivity index (χ4v) is 1.95. The van der Waals surface area contributed by atoms with Crippen molar-refractivity contribution in [3.63, 3.8) is 0 Å². The van der Waals surface area contributed by atoms with Crippen LogP contribution in [-0.2, 0) is 9.53 Å². The number of nitrogens with zero attached hydrogens (tertiary/aromatic N) is 1. The molecule has 92 valence electrons. The number of hydrogen-bond donors (Lipinski definition) is 1. The first-order valence-electron chi connectivity index (χ1n) is 5.64. The summed E-state index contributed by atoms with van der Waals surface area (Å²) < 4.78 is 5.49. The van der Waals surface area contributed by atoms with E-state index in [0.29, 0.717) is 10.8 Å². The van der Waals surface area contributed by atoms with E-state index in [2.05, 4.69) is 10.3 Å². The highest BCUT2D eigenvalue weighted by atomic mass is 35.5. The van der Waals surface area contributed by atoms with Gasteiger partial charge in [0.25, 0.3) is 5.91 Å². The number of amides is 1. The van der Waals surface area contributed by atoms with Gasteiger partial charge in [-0.2, -0.15) is 0 Å². The zero-order valence-corrected chi connectivity index (χ0v) is 10.6. The van der Waals surface area contributed by atoms with Gasteiger partial charge in [-0.15, -0.1) is 0 Å². The van der Waals surface area contributed by atoms with E-state index in [1.165, 1.54) is 0 Å². The summed E-state index contributed by atoms with van der Waals surface area (Å²) in [6.45, 7) is 3.82. The lowest BCUT2D eigenvalue weighted by molar-refractivity contribution is -0.126. The maximum absolute atomic E-state index is 11.9. The van der Waals surface area contributed by atoms with Gasteiger partial charge in [0, 0.05) is 0 Å². The molecule has 0 spiro atoms. The van der Waals surface area contributed by atoms with Gasteiger partial charge in [0.05, 0.1) is 18.0 Å². The highest BCUT2D eigenvalue weighted by molar-refractivity contribution is 6.30. The van der Waals surface area contributed by atoms with Crippen LogP contribution >= 0.6 is 11.6 Å². The zero-order chi connectivity index (χ0) is 12.4. The number of halogens is 1. The fourth-order valence-electron chi connectivity index (χ4n) is 1.84. The standard InChI is InChI=1S/C12H15ClN2O2/c1-7-5-9(6-14-11(7)13)15-12(16)10-4-3-8(2)17-10/h5-6,8,10H,3-4H2,1-2H3,(H,15,16). The number of rotatable bonds is 2. The molecule has 1 aromatic heterocycles. The number of carbonyl (C=O) groups excluding carboxylic acids is 1. The van der Waals surface area contributed by atoms with Gasteiger partial charge in [0.15, 0.2) is 0 Å². The number of pyridine rings is 1. The van der Waals surface area contributed by atoms with Gasteiger partial charge in [-0.1, -0.05) is 11.6 Å². The van der Waals surface area contributed by atoms with Crippen molar-refractivity contribution in [1.29, 1.82) is 0 Å². The Kier molecular flexibility index (Phi) is 3.64. The van der Waals surface area contributed by atoms with E-state index >= 15 is 0 Å². The van der Waals surface area contributed by atoms with Gasteiger partial charge >= 0.3 is 0 Å². The molecular weight excluding hydrogens is 240 g/mol. The van der Waals surface area contributed by atoms with Crippen molar-refractivity contribution in [3.8, 4) is 0 Å². The van der Waals surface area contributed by atoms with Crippen LogP contribution in [0.15, 0.2) is 12.3 Å². The Balaban J connectivity index is 2.00. The monoisotopic (exact) mass is 254 g/mol. The predicted octanol–water partition coefficient (Wildman–Crippen LogP) is 2.55. The molecule has 1 fully saturated rings. The van der Waals surface area contributed by atoms with Gasteiger partial charge in [0.1, 0.15) is 11.3 Å². The SMILES string of the molecule is Cc1cc(NC(=O)C2CCC(C)O2)cnc1Cl. The molecule has 1 aromatic rings. The van der Waals surface area contributed by atoms with Crippen molar-refractivity contribution in [3.05, 3.63) is 23.0 Å². The van der Waals surface area contributed by atoms with Gasteiger partial charge in [-0.25, -0.2) is 4.98 Å². The fraction of sp³-hybridized carbons (Fsp3) is 0.500. The zero-order valence-electron chi connectivity index (χ0n) is 9.87. The quantitative estimate of drug-likeness (QED) is 0.826. The van der Waals surface area contributed by atoms with Crippen LogP contribution in [0.1, 0.15) is 25.3 Å². The van der Waals surface area contributed by atoms with E-state index in [0.717, 1.165) is 18.4 Å². The number of hydrogen-bond acceptors (Lipinski definition) is 3. The lowest BCUT2D eigenvalue weighted by atomic mass is 10.2. The molecule has 0 bridgehead atoms.